The molecule has 0 unspecified atom stereocenters. The smallest absolute Gasteiger partial charge is 0.0554 e. The highest BCUT2D eigenvalue weighted by Gasteiger charge is 2.32. The molecule has 2 nitrogen and oxygen atoms in total. The molecule has 0 saturated carbocycles. The second-order valence-corrected chi connectivity index (χ2v) is 5.79. The molecule has 0 aliphatic carbocycles. The largest absolute Gasteiger partial charge is 0.380 e. The van der Waals surface area contributed by atoms with Crippen LogP contribution >= 0.6 is 0 Å². The predicted molar refractivity (Wildman–Crippen MR) is 55.9 cm³/mol. The summed E-state index contributed by atoms with van der Waals surface area (Å²) in [5.74, 6) is 0. The maximum Gasteiger partial charge on any atom is 0.0554 e. The van der Waals surface area contributed by atoms with Crippen LogP contribution in [0.4, 0.5) is 0 Å². The number of rotatable bonds is 4. The minimum Gasteiger partial charge on any atom is -0.380 e. The Labute approximate surface area is 82.0 Å². The summed E-state index contributed by atoms with van der Waals surface area (Å²) in [5, 5.41) is 3.50. The van der Waals surface area contributed by atoms with Crippen LogP contribution in [0.15, 0.2) is 0 Å². The van der Waals surface area contributed by atoms with Crippen molar-refractivity contribution in [3.05, 3.63) is 0 Å². The van der Waals surface area contributed by atoms with E-state index in [9.17, 15) is 0 Å². The van der Waals surface area contributed by atoms with Gasteiger partial charge in [0.2, 0.25) is 0 Å². The standard InChI is InChI=1S/C11H23NO/c1-10(2,3)5-6-12-7-11(4)8-13-9-11/h12H,5-9H2,1-4H3. The molecule has 1 saturated heterocycles. The van der Waals surface area contributed by atoms with Gasteiger partial charge in [-0.2, -0.15) is 0 Å². The van der Waals surface area contributed by atoms with Gasteiger partial charge in [0.05, 0.1) is 13.2 Å². The van der Waals surface area contributed by atoms with Crippen LogP contribution in [0.2, 0.25) is 0 Å². The van der Waals surface area contributed by atoms with Gasteiger partial charge < -0.3 is 10.1 Å². The highest BCUT2D eigenvalue weighted by Crippen LogP contribution is 2.25. The van der Waals surface area contributed by atoms with Gasteiger partial charge in [0.1, 0.15) is 0 Å². The Kier molecular flexibility index (Phi) is 3.36. The van der Waals surface area contributed by atoms with Gasteiger partial charge in [0, 0.05) is 12.0 Å². The molecule has 0 atom stereocenters. The molecule has 0 amide bonds. The molecule has 1 N–H and O–H groups in total. The molecule has 1 rings (SSSR count). The molecular weight excluding hydrogens is 162 g/mol. The Morgan fingerprint density at radius 2 is 1.92 bits per heavy atom. The van der Waals surface area contributed by atoms with E-state index in [-0.39, 0.29) is 0 Å². The van der Waals surface area contributed by atoms with E-state index in [0.717, 1.165) is 26.3 Å². The molecule has 0 aromatic heterocycles. The highest BCUT2D eigenvalue weighted by atomic mass is 16.5. The number of hydrogen-bond donors (Lipinski definition) is 1. The summed E-state index contributed by atoms with van der Waals surface area (Å²) in [7, 11) is 0. The lowest BCUT2D eigenvalue weighted by Gasteiger charge is -2.38. The SMILES string of the molecule is CC(C)(C)CCNCC1(C)COC1. The van der Waals surface area contributed by atoms with Crippen molar-refractivity contribution in [1.29, 1.82) is 0 Å². The predicted octanol–water partition coefficient (Wildman–Crippen LogP) is 2.05. The van der Waals surface area contributed by atoms with Crippen LogP contribution in [-0.4, -0.2) is 26.3 Å². The summed E-state index contributed by atoms with van der Waals surface area (Å²) in [5.41, 5.74) is 0.863. The van der Waals surface area contributed by atoms with Crippen molar-refractivity contribution < 1.29 is 4.74 Å². The molecule has 13 heavy (non-hydrogen) atoms. The van der Waals surface area contributed by atoms with Gasteiger partial charge in [0.25, 0.3) is 0 Å². The van der Waals surface area contributed by atoms with E-state index in [0.29, 0.717) is 10.8 Å². The number of ether oxygens (including phenoxy) is 1. The van der Waals surface area contributed by atoms with Crippen LogP contribution in [0.25, 0.3) is 0 Å². The Bertz CT molecular complexity index is 156. The fourth-order valence-corrected chi connectivity index (χ4v) is 1.41. The Morgan fingerprint density at radius 3 is 2.31 bits per heavy atom. The zero-order valence-corrected chi connectivity index (χ0v) is 9.44. The minimum atomic E-state index is 0.415. The first-order chi connectivity index (χ1) is 5.91. The van der Waals surface area contributed by atoms with Gasteiger partial charge in [0.15, 0.2) is 0 Å². The average Bonchev–Trinajstić information content (AvgIpc) is 1.93. The molecule has 1 heterocycles. The fraction of sp³-hybridized carbons (Fsp3) is 1.00. The van der Waals surface area contributed by atoms with Gasteiger partial charge in [-0.3, -0.25) is 0 Å². The molecular formula is C11H23NO. The lowest BCUT2D eigenvalue weighted by atomic mass is 9.88. The molecule has 0 aromatic rings. The first kappa shape index (κ1) is 11.0. The van der Waals surface area contributed by atoms with Gasteiger partial charge in [-0.25, -0.2) is 0 Å². The first-order valence-electron chi connectivity index (χ1n) is 5.20. The molecule has 1 fully saturated rings. The highest BCUT2D eigenvalue weighted by molar-refractivity contribution is 4.82. The van der Waals surface area contributed by atoms with E-state index >= 15 is 0 Å². The molecule has 1 aliphatic rings. The summed E-state index contributed by atoms with van der Waals surface area (Å²) in [6, 6.07) is 0. The van der Waals surface area contributed by atoms with Crippen molar-refractivity contribution in [3.63, 3.8) is 0 Å². The monoisotopic (exact) mass is 185 g/mol. The molecule has 1 aliphatic heterocycles. The second-order valence-electron chi connectivity index (χ2n) is 5.79. The Hall–Kier alpha value is -0.0800. The van der Waals surface area contributed by atoms with Crippen molar-refractivity contribution in [2.75, 3.05) is 26.3 Å². The Morgan fingerprint density at radius 1 is 1.31 bits per heavy atom. The summed E-state index contributed by atoms with van der Waals surface area (Å²) in [6.07, 6.45) is 1.24. The van der Waals surface area contributed by atoms with E-state index < -0.39 is 0 Å². The average molecular weight is 185 g/mol. The topological polar surface area (TPSA) is 21.3 Å². The van der Waals surface area contributed by atoms with Crippen LogP contribution in [-0.2, 0) is 4.74 Å². The van der Waals surface area contributed by atoms with E-state index in [4.69, 9.17) is 4.74 Å². The summed E-state index contributed by atoms with van der Waals surface area (Å²) in [4.78, 5) is 0. The number of hydrogen-bond acceptors (Lipinski definition) is 2. The van der Waals surface area contributed by atoms with Gasteiger partial charge in [-0.15, -0.1) is 0 Å². The zero-order valence-electron chi connectivity index (χ0n) is 9.44. The van der Waals surface area contributed by atoms with Crippen LogP contribution in [0, 0.1) is 10.8 Å². The van der Waals surface area contributed by atoms with Gasteiger partial charge in [-0.05, 0) is 18.4 Å². The van der Waals surface area contributed by atoms with E-state index in [2.05, 4.69) is 33.0 Å². The Balaban J connectivity index is 2.01. The first-order valence-corrected chi connectivity index (χ1v) is 5.20. The van der Waals surface area contributed by atoms with Crippen LogP contribution in [0.5, 0.6) is 0 Å². The second kappa shape index (κ2) is 3.97. The fourth-order valence-electron chi connectivity index (χ4n) is 1.41. The molecule has 78 valence electrons. The van der Waals surface area contributed by atoms with E-state index in [1.807, 2.05) is 0 Å². The normalized spacial score (nSPS) is 21.2. The van der Waals surface area contributed by atoms with Crippen molar-refractivity contribution >= 4 is 0 Å². The van der Waals surface area contributed by atoms with Crippen LogP contribution < -0.4 is 5.32 Å². The summed E-state index contributed by atoms with van der Waals surface area (Å²) >= 11 is 0. The molecule has 0 bridgehead atoms. The van der Waals surface area contributed by atoms with E-state index in [1.165, 1.54) is 6.42 Å². The van der Waals surface area contributed by atoms with E-state index in [1.54, 1.807) is 0 Å². The molecule has 0 aromatic carbocycles. The van der Waals surface area contributed by atoms with Crippen molar-refractivity contribution in [2.45, 2.75) is 34.1 Å². The van der Waals surface area contributed by atoms with Crippen molar-refractivity contribution in [2.24, 2.45) is 10.8 Å². The lowest BCUT2D eigenvalue weighted by molar-refractivity contribution is -0.0990. The third-order valence-corrected chi connectivity index (χ3v) is 2.50. The third kappa shape index (κ3) is 4.10. The number of nitrogens with one attached hydrogen (secondary N) is 1. The minimum absolute atomic E-state index is 0.415. The molecule has 2 heteroatoms. The summed E-state index contributed by atoms with van der Waals surface area (Å²) < 4.78 is 5.20. The van der Waals surface area contributed by atoms with Crippen molar-refractivity contribution in [1.82, 2.24) is 5.32 Å². The third-order valence-electron chi connectivity index (χ3n) is 2.50. The van der Waals surface area contributed by atoms with Gasteiger partial charge >= 0.3 is 0 Å². The quantitative estimate of drug-likeness (QED) is 0.677. The maximum absolute atomic E-state index is 5.20. The summed E-state index contributed by atoms with van der Waals surface area (Å²) in [6.45, 7) is 13.2. The van der Waals surface area contributed by atoms with Crippen LogP contribution in [0.1, 0.15) is 34.1 Å². The van der Waals surface area contributed by atoms with Gasteiger partial charge in [-0.1, -0.05) is 27.7 Å². The zero-order chi connectivity index (χ0) is 9.95. The lowest BCUT2D eigenvalue weighted by Crippen LogP contribution is -2.47. The maximum atomic E-state index is 5.20. The van der Waals surface area contributed by atoms with Crippen molar-refractivity contribution in [3.8, 4) is 0 Å². The van der Waals surface area contributed by atoms with Crippen LogP contribution in [0.3, 0.4) is 0 Å². The molecule has 0 spiro atoms. The molecule has 0 radical (unpaired) electrons.